The second-order valence-corrected chi connectivity index (χ2v) is 8.83. The van der Waals surface area contributed by atoms with Crippen molar-refractivity contribution in [2.24, 2.45) is 0 Å². The van der Waals surface area contributed by atoms with Crippen molar-refractivity contribution in [2.45, 2.75) is 38.4 Å². The predicted molar refractivity (Wildman–Crippen MR) is 126 cm³/mol. The van der Waals surface area contributed by atoms with Crippen LogP contribution in [0.3, 0.4) is 0 Å². The molecule has 2 aromatic rings. The van der Waals surface area contributed by atoms with Gasteiger partial charge in [-0.2, -0.15) is 0 Å². The third-order valence-electron chi connectivity index (χ3n) is 6.85. The first-order chi connectivity index (χ1) is 15.2. The summed E-state index contributed by atoms with van der Waals surface area (Å²) < 4.78 is 10.8. The topological polar surface area (TPSA) is 28.2 Å². The second-order valence-electron chi connectivity index (χ2n) is 8.83. The molecule has 0 N–H and O–H groups in total. The molecule has 5 nitrogen and oxygen atoms in total. The Morgan fingerprint density at radius 2 is 1.48 bits per heavy atom. The van der Waals surface area contributed by atoms with Gasteiger partial charge in [-0.1, -0.05) is 30.3 Å². The number of rotatable bonds is 7. The van der Waals surface area contributed by atoms with Crippen molar-refractivity contribution in [3.8, 4) is 11.5 Å². The molecule has 31 heavy (non-hydrogen) atoms. The molecule has 0 saturated carbocycles. The first-order valence-corrected chi connectivity index (χ1v) is 11.7. The van der Waals surface area contributed by atoms with Crippen LogP contribution in [0, 0.1) is 0 Å². The van der Waals surface area contributed by atoms with Crippen LogP contribution in [0.15, 0.2) is 48.5 Å². The zero-order valence-corrected chi connectivity index (χ0v) is 19.1. The molecule has 2 aliphatic heterocycles. The lowest BCUT2D eigenvalue weighted by Gasteiger charge is -2.38. The van der Waals surface area contributed by atoms with Gasteiger partial charge in [-0.25, -0.2) is 0 Å². The second kappa shape index (κ2) is 11.0. The van der Waals surface area contributed by atoms with Crippen LogP contribution in [-0.2, 0) is 13.1 Å². The Hall–Kier alpha value is -2.08. The Morgan fingerprint density at radius 3 is 2.23 bits per heavy atom. The summed E-state index contributed by atoms with van der Waals surface area (Å²) in [6.07, 6.45) is 3.81. The third kappa shape index (κ3) is 6.00. The average molecular weight is 424 g/mol. The smallest absolute Gasteiger partial charge is 0.123 e. The standard InChI is InChI=1S/C26H37N3O2/c1-30-25-10-8-22(9-11-25)20-28-16-12-24(13-17-28)29-15-5-14-27(18-19-29)21-23-6-3-4-7-26(23)31-2/h3-4,6-11,24H,5,12-21H2,1-2H3. The van der Waals surface area contributed by atoms with Gasteiger partial charge in [0.1, 0.15) is 11.5 Å². The number of hydrogen-bond donors (Lipinski definition) is 0. The molecule has 2 aromatic carbocycles. The van der Waals surface area contributed by atoms with Crippen LogP contribution in [0.2, 0.25) is 0 Å². The van der Waals surface area contributed by atoms with Crippen LogP contribution in [-0.4, -0.2) is 74.2 Å². The van der Waals surface area contributed by atoms with Gasteiger partial charge in [0.2, 0.25) is 0 Å². The monoisotopic (exact) mass is 423 g/mol. The van der Waals surface area contributed by atoms with Crippen LogP contribution >= 0.6 is 0 Å². The molecule has 2 heterocycles. The first-order valence-electron chi connectivity index (χ1n) is 11.7. The number of methoxy groups -OCH3 is 2. The summed E-state index contributed by atoms with van der Waals surface area (Å²) in [6, 6.07) is 17.7. The van der Waals surface area contributed by atoms with Crippen LogP contribution in [0.25, 0.3) is 0 Å². The molecule has 168 valence electrons. The normalized spacial score (nSPS) is 19.8. The summed E-state index contributed by atoms with van der Waals surface area (Å²) >= 11 is 0. The molecule has 5 heteroatoms. The minimum atomic E-state index is 0.735. The Bertz CT molecular complexity index is 803. The largest absolute Gasteiger partial charge is 0.497 e. The van der Waals surface area contributed by atoms with E-state index in [1.807, 2.05) is 6.07 Å². The number of likely N-dealkylation sites (tertiary alicyclic amines) is 1. The third-order valence-corrected chi connectivity index (χ3v) is 6.85. The van der Waals surface area contributed by atoms with Crippen molar-refractivity contribution in [1.29, 1.82) is 0 Å². The number of ether oxygens (including phenoxy) is 2. The molecule has 2 aliphatic rings. The average Bonchev–Trinajstić information content (AvgIpc) is 3.06. The predicted octanol–water partition coefficient (Wildman–Crippen LogP) is 3.88. The fourth-order valence-electron chi connectivity index (χ4n) is 5.02. The number of hydrogen-bond acceptors (Lipinski definition) is 5. The van der Waals surface area contributed by atoms with Gasteiger partial charge < -0.3 is 9.47 Å². The highest BCUT2D eigenvalue weighted by atomic mass is 16.5. The van der Waals surface area contributed by atoms with E-state index in [2.05, 4.69) is 57.2 Å². The summed E-state index contributed by atoms with van der Waals surface area (Å²) in [7, 11) is 3.49. The Labute approximate surface area is 187 Å². The maximum Gasteiger partial charge on any atom is 0.123 e. The summed E-state index contributed by atoms with van der Waals surface area (Å²) in [4.78, 5) is 7.95. The van der Waals surface area contributed by atoms with Crippen molar-refractivity contribution in [2.75, 3.05) is 53.5 Å². The summed E-state index contributed by atoms with van der Waals surface area (Å²) in [5, 5.41) is 0. The minimum absolute atomic E-state index is 0.735. The highest BCUT2D eigenvalue weighted by Crippen LogP contribution is 2.23. The van der Waals surface area contributed by atoms with Gasteiger partial charge in [0.15, 0.2) is 0 Å². The molecule has 0 unspecified atom stereocenters. The number of piperidine rings is 1. The van der Waals surface area contributed by atoms with E-state index in [4.69, 9.17) is 9.47 Å². The van der Waals surface area contributed by atoms with Gasteiger partial charge in [0.05, 0.1) is 14.2 Å². The van der Waals surface area contributed by atoms with Crippen molar-refractivity contribution in [1.82, 2.24) is 14.7 Å². The van der Waals surface area contributed by atoms with Crippen LogP contribution in [0.5, 0.6) is 11.5 Å². The maximum absolute atomic E-state index is 5.55. The molecule has 0 bridgehead atoms. The van der Waals surface area contributed by atoms with E-state index < -0.39 is 0 Å². The van der Waals surface area contributed by atoms with Crippen LogP contribution in [0.1, 0.15) is 30.4 Å². The lowest BCUT2D eigenvalue weighted by atomic mass is 10.0. The van der Waals surface area contributed by atoms with E-state index in [1.54, 1.807) is 14.2 Å². The quantitative estimate of drug-likeness (QED) is 0.674. The van der Waals surface area contributed by atoms with Crippen molar-refractivity contribution in [3.63, 3.8) is 0 Å². The molecule has 0 aliphatic carbocycles. The van der Waals surface area contributed by atoms with Crippen molar-refractivity contribution in [3.05, 3.63) is 59.7 Å². The summed E-state index contributed by atoms with van der Waals surface area (Å²) in [5.74, 6) is 1.94. The number of benzene rings is 2. The molecular formula is C26H37N3O2. The molecule has 0 aromatic heterocycles. The molecular weight excluding hydrogens is 386 g/mol. The molecule has 0 atom stereocenters. The van der Waals surface area contributed by atoms with Crippen LogP contribution in [0.4, 0.5) is 0 Å². The van der Waals surface area contributed by atoms with Gasteiger partial charge in [-0.15, -0.1) is 0 Å². The van der Waals surface area contributed by atoms with E-state index in [9.17, 15) is 0 Å². The first kappa shape index (κ1) is 22.1. The molecule has 2 fully saturated rings. The Balaban J connectivity index is 1.24. The van der Waals surface area contributed by atoms with Gasteiger partial charge in [0, 0.05) is 37.8 Å². The Kier molecular flexibility index (Phi) is 7.84. The van der Waals surface area contributed by atoms with E-state index in [0.29, 0.717) is 0 Å². The fraction of sp³-hybridized carbons (Fsp3) is 0.538. The van der Waals surface area contributed by atoms with Gasteiger partial charge in [-0.3, -0.25) is 14.7 Å². The minimum Gasteiger partial charge on any atom is -0.497 e. The van der Waals surface area contributed by atoms with Gasteiger partial charge >= 0.3 is 0 Å². The fourth-order valence-corrected chi connectivity index (χ4v) is 5.02. The SMILES string of the molecule is COc1ccc(CN2CCC(N3CCCN(Cc4ccccc4OC)CC3)CC2)cc1. The molecule has 2 saturated heterocycles. The lowest BCUT2D eigenvalue weighted by Crippen LogP contribution is -2.45. The van der Waals surface area contributed by atoms with Gasteiger partial charge in [0.25, 0.3) is 0 Å². The van der Waals surface area contributed by atoms with E-state index in [-0.39, 0.29) is 0 Å². The summed E-state index contributed by atoms with van der Waals surface area (Å²) in [5.41, 5.74) is 2.67. The number of nitrogens with zero attached hydrogens (tertiary/aromatic N) is 3. The zero-order chi connectivity index (χ0) is 21.5. The molecule has 0 radical (unpaired) electrons. The molecule has 0 amide bonds. The van der Waals surface area contributed by atoms with Crippen molar-refractivity contribution < 1.29 is 9.47 Å². The highest BCUT2D eigenvalue weighted by molar-refractivity contribution is 5.33. The summed E-state index contributed by atoms with van der Waals surface area (Å²) in [6.45, 7) is 9.14. The number of para-hydroxylation sites is 1. The molecule has 4 rings (SSSR count). The Morgan fingerprint density at radius 1 is 0.742 bits per heavy atom. The maximum atomic E-state index is 5.55. The molecule has 0 spiro atoms. The van der Waals surface area contributed by atoms with Gasteiger partial charge in [-0.05, 0) is 69.2 Å². The van der Waals surface area contributed by atoms with Crippen molar-refractivity contribution >= 4 is 0 Å². The van der Waals surface area contributed by atoms with E-state index in [1.165, 1.54) is 63.1 Å². The van der Waals surface area contributed by atoms with E-state index in [0.717, 1.165) is 37.2 Å². The lowest BCUT2D eigenvalue weighted by molar-refractivity contribution is 0.106. The highest BCUT2D eigenvalue weighted by Gasteiger charge is 2.26. The zero-order valence-electron chi connectivity index (χ0n) is 19.1. The van der Waals surface area contributed by atoms with E-state index >= 15 is 0 Å². The van der Waals surface area contributed by atoms with Crippen LogP contribution < -0.4 is 9.47 Å².